The SMILES string of the molecule is COc1ccc(C)cc1S(=O)(=O)N[C@@H](C)C(=O)NN. The summed E-state index contributed by atoms with van der Waals surface area (Å²) in [5.74, 6) is 4.53. The number of hydrogen-bond acceptors (Lipinski definition) is 5. The van der Waals surface area contributed by atoms with Crippen molar-refractivity contribution in [3.8, 4) is 5.75 Å². The quantitative estimate of drug-likeness (QED) is 0.390. The number of nitrogens with one attached hydrogen (secondary N) is 2. The van der Waals surface area contributed by atoms with E-state index in [4.69, 9.17) is 10.6 Å². The van der Waals surface area contributed by atoms with Crippen molar-refractivity contribution in [3.05, 3.63) is 23.8 Å². The Bertz CT molecular complexity index is 571. The van der Waals surface area contributed by atoms with Crippen molar-refractivity contribution in [1.29, 1.82) is 0 Å². The largest absolute Gasteiger partial charge is 0.495 e. The van der Waals surface area contributed by atoms with E-state index in [0.29, 0.717) is 0 Å². The van der Waals surface area contributed by atoms with Gasteiger partial charge in [0.05, 0.1) is 13.2 Å². The predicted molar refractivity (Wildman–Crippen MR) is 69.8 cm³/mol. The fourth-order valence-electron chi connectivity index (χ4n) is 1.47. The van der Waals surface area contributed by atoms with Gasteiger partial charge in [0.2, 0.25) is 10.0 Å². The van der Waals surface area contributed by atoms with E-state index in [1.54, 1.807) is 19.1 Å². The van der Waals surface area contributed by atoms with Gasteiger partial charge in [-0.1, -0.05) is 6.07 Å². The molecule has 8 heteroatoms. The number of aryl methyl sites for hydroxylation is 1. The number of rotatable bonds is 5. The van der Waals surface area contributed by atoms with Gasteiger partial charge in [0.15, 0.2) is 0 Å². The van der Waals surface area contributed by atoms with E-state index in [-0.39, 0.29) is 10.6 Å². The standard InChI is InChI=1S/C11H17N3O4S/c1-7-4-5-9(18-3)10(6-7)19(16,17)14-8(2)11(15)13-12/h4-6,8,14H,12H2,1-3H3,(H,13,15)/t8-/m0/s1. The summed E-state index contributed by atoms with van der Waals surface area (Å²) < 4.78 is 31.6. The Labute approximate surface area is 112 Å². The van der Waals surface area contributed by atoms with E-state index in [9.17, 15) is 13.2 Å². The number of hydrogen-bond donors (Lipinski definition) is 3. The van der Waals surface area contributed by atoms with Crippen molar-refractivity contribution in [1.82, 2.24) is 10.1 Å². The first kappa shape index (κ1) is 15.4. The van der Waals surface area contributed by atoms with Gasteiger partial charge in [-0.2, -0.15) is 4.72 Å². The van der Waals surface area contributed by atoms with Gasteiger partial charge in [-0.25, -0.2) is 14.3 Å². The Morgan fingerprint density at radius 1 is 1.42 bits per heavy atom. The minimum Gasteiger partial charge on any atom is -0.495 e. The molecule has 1 atom stereocenters. The van der Waals surface area contributed by atoms with Crippen molar-refractivity contribution in [2.75, 3.05) is 7.11 Å². The van der Waals surface area contributed by atoms with Crippen LogP contribution in [-0.2, 0) is 14.8 Å². The molecule has 0 aliphatic carbocycles. The molecule has 0 saturated heterocycles. The lowest BCUT2D eigenvalue weighted by molar-refractivity contribution is -0.122. The average Bonchev–Trinajstić information content (AvgIpc) is 2.37. The van der Waals surface area contributed by atoms with Crippen molar-refractivity contribution >= 4 is 15.9 Å². The highest BCUT2D eigenvalue weighted by Crippen LogP contribution is 2.24. The fraction of sp³-hybridized carbons (Fsp3) is 0.364. The molecule has 0 aliphatic heterocycles. The smallest absolute Gasteiger partial charge is 0.251 e. The molecule has 1 amide bonds. The van der Waals surface area contributed by atoms with Crippen LogP contribution in [0.3, 0.4) is 0 Å². The molecule has 0 unspecified atom stereocenters. The molecule has 19 heavy (non-hydrogen) atoms. The lowest BCUT2D eigenvalue weighted by Gasteiger charge is -2.15. The van der Waals surface area contributed by atoms with Gasteiger partial charge in [0.25, 0.3) is 5.91 Å². The van der Waals surface area contributed by atoms with E-state index >= 15 is 0 Å². The predicted octanol–water partition coefficient (Wildman–Crippen LogP) is -0.340. The van der Waals surface area contributed by atoms with Crippen LogP contribution in [-0.4, -0.2) is 27.5 Å². The number of methoxy groups -OCH3 is 1. The highest BCUT2D eigenvalue weighted by atomic mass is 32.2. The number of ether oxygens (including phenoxy) is 1. The highest BCUT2D eigenvalue weighted by molar-refractivity contribution is 7.89. The molecular weight excluding hydrogens is 270 g/mol. The van der Waals surface area contributed by atoms with Crippen LogP contribution in [0.4, 0.5) is 0 Å². The zero-order chi connectivity index (χ0) is 14.6. The normalized spacial score (nSPS) is 12.8. The third-order valence-electron chi connectivity index (χ3n) is 2.48. The zero-order valence-electron chi connectivity index (χ0n) is 10.9. The van der Waals surface area contributed by atoms with Gasteiger partial charge in [-0.05, 0) is 31.5 Å². The maximum absolute atomic E-state index is 12.2. The van der Waals surface area contributed by atoms with Gasteiger partial charge in [-0.15, -0.1) is 0 Å². The second-order valence-corrected chi connectivity index (χ2v) is 5.69. The first-order chi connectivity index (χ1) is 8.81. The maximum Gasteiger partial charge on any atom is 0.251 e. The Morgan fingerprint density at radius 3 is 2.58 bits per heavy atom. The molecule has 106 valence electrons. The number of benzene rings is 1. The molecule has 0 heterocycles. The lowest BCUT2D eigenvalue weighted by atomic mass is 10.2. The zero-order valence-corrected chi connectivity index (χ0v) is 11.7. The number of amides is 1. The van der Waals surface area contributed by atoms with Crippen LogP contribution in [0, 0.1) is 6.92 Å². The van der Waals surface area contributed by atoms with Crippen LogP contribution in [0.15, 0.2) is 23.1 Å². The van der Waals surface area contributed by atoms with Crippen LogP contribution < -0.4 is 20.7 Å². The van der Waals surface area contributed by atoms with Crippen LogP contribution >= 0.6 is 0 Å². The molecule has 0 fully saturated rings. The summed E-state index contributed by atoms with van der Waals surface area (Å²) in [6.07, 6.45) is 0. The molecule has 7 nitrogen and oxygen atoms in total. The highest BCUT2D eigenvalue weighted by Gasteiger charge is 2.24. The minimum atomic E-state index is -3.87. The fourth-order valence-corrected chi connectivity index (χ4v) is 2.93. The van der Waals surface area contributed by atoms with Gasteiger partial charge in [0, 0.05) is 0 Å². The Morgan fingerprint density at radius 2 is 2.05 bits per heavy atom. The molecule has 0 bridgehead atoms. The van der Waals surface area contributed by atoms with E-state index in [1.807, 2.05) is 5.43 Å². The number of carbonyl (C=O) groups is 1. The third kappa shape index (κ3) is 3.66. The molecule has 0 saturated carbocycles. The average molecular weight is 287 g/mol. The Kier molecular flexibility index (Phi) is 4.87. The lowest BCUT2D eigenvalue weighted by Crippen LogP contribution is -2.47. The van der Waals surface area contributed by atoms with Crippen molar-refractivity contribution in [3.63, 3.8) is 0 Å². The topological polar surface area (TPSA) is 111 Å². The Hall–Kier alpha value is -1.64. The van der Waals surface area contributed by atoms with Crippen LogP contribution in [0.1, 0.15) is 12.5 Å². The summed E-state index contributed by atoms with van der Waals surface area (Å²) in [5, 5.41) is 0. The second-order valence-electron chi connectivity index (χ2n) is 4.01. The van der Waals surface area contributed by atoms with Gasteiger partial charge >= 0.3 is 0 Å². The van der Waals surface area contributed by atoms with Crippen LogP contribution in [0.25, 0.3) is 0 Å². The first-order valence-electron chi connectivity index (χ1n) is 5.49. The number of carbonyl (C=O) groups excluding carboxylic acids is 1. The van der Waals surface area contributed by atoms with Crippen LogP contribution in [0.2, 0.25) is 0 Å². The van der Waals surface area contributed by atoms with Gasteiger partial charge in [0.1, 0.15) is 10.6 Å². The molecule has 1 rings (SSSR count). The number of nitrogens with two attached hydrogens (primary N) is 1. The van der Waals surface area contributed by atoms with E-state index in [0.717, 1.165) is 5.56 Å². The molecule has 0 spiro atoms. The van der Waals surface area contributed by atoms with E-state index < -0.39 is 22.0 Å². The minimum absolute atomic E-state index is 0.0216. The van der Waals surface area contributed by atoms with Crippen molar-refractivity contribution in [2.24, 2.45) is 5.84 Å². The monoisotopic (exact) mass is 287 g/mol. The molecule has 1 aromatic carbocycles. The van der Waals surface area contributed by atoms with Crippen molar-refractivity contribution in [2.45, 2.75) is 24.8 Å². The molecule has 0 radical (unpaired) electrons. The molecule has 1 aromatic rings. The van der Waals surface area contributed by atoms with Crippen LogP contribution in [0.5, 0.6) is 5.75 Å². The number of sulfonamides is 1. The van der Waals surface area contributed by atoms with Crippen molar-refractivity contribution < 1.29 is 17.9 Å². The summed E-state index contributed by atoms with van der Waals surface area (Å²) in [4.78, 5) is 11.2. The maximum atomic E-state index is 12.2. The number of hydrazine groups is 1. The Balaban J connectivity index is 3.13. The second kappa shape index (κ2) is 6.00. The molecule has 4 N–H and O–H groups in total. The molecule has 0 aromatic heterocycles. The summed E-state index contributed by atoms with van der Waals surface area (Å²) in [5.41, 5.74) is 2.64. The van der Waals surface area contributed by atoms with E-state index in [2.05, 4.69) is 4.72 Å². The molecule has 0 aliphatic rings. The van der Waals surface area contributed by atoms with Gasteiger partial charge < -0.3 is 4.74 Å². The van der Waals surface area contributed by atoms with E-state index in [1.165, 1.54) is 20.1 Å². The summed E-state index contributed by atoms with van der Waals surface area (Å²) >= 11 is 0. The van der Waals surface area contributed by atoms with Gasteiger partial charge in [-0.3, -0.25) is 10.2 Å². The third-order valence-corrected chi connectivity index (χ3v) is 4.04. The summed E-state index contributed by atoms with van der Waals surface area (Å²) in [6, 6.07) is 3.76. The first-order valence-corrected chi connectivity index (χ1v) is 6.97. The summed E-state index contributed by atoms with van der Waals surface area (Å²) in [7, 11) is -2.50. The summed E-state index contributed by atoms with van der Waals surface area (Å²) in [6.45, 7) is 3.15. The molecular formula is C11H17N3O4S.